The van der Waals surface area contributed by atoms with E-state index in [2.05, 4.69) is 0 Å². The van der Waals surface area contributed by atoms with Crippen molar-refractivity contribution in [3.8, 4) is 0 Å². The molecule has 7 heteroatoms. The van der Waals surface area contributed by atoms with E-state index in [1.165, 1.54) is 22.7 Å². The third-order valence-corrected chi connectivity index (χ3v) is 6.12. The number of carbonyl (C=O) groups excluding carboxylic acids is 1. The van der Waals surface area contributed by atoms with E-state index >= 15 is 0 Å². The van der Waals surface area contributed by atoms with Crippen LogP contribution in [0.25, 0.3) is 0 Å². The Bertz CT molecular complexity index is 668. The monoisotopic (exact) mass is 356 g/mol. The first-order valence-electron chi connectivity index (χ1n) is 8.14. The molecule has 0 unspecified atom stereocenters. The molecule has 5 nitrogen and oxygen atoms in total. The fourth-order valence-electron chi connectivity index (χ4n) is 3.05. The largest absolute Gasteiger partial charge is 0.343 e. The van der Waals surface area contributed by atoms with E-state index in [9.17, 15) is 17.6 Å². The number of likely N-dealkylation sites (tertiary alicyclic amines) is 1. The van der Waals surface area contributed by atoms with Gasteiger partial charge in [-0.3, -0.25) is 4.79 Å². The van der Waals surface area contributed by atoms with Crippen molar-refractivity contribution in [2.24, 2.45) is 0 Å². The predicted octanol–water partition coefficient (Wildman–Crippen LogP) is 2.20. The molecule has 0 radical (unpaired) electrons. The van der Waals surface area contributed by atoms with E-state index in [0.29, 0.717) is 32.4 Å². The molecule has 0 bridgehead atoms. The Kier molecular flexibility index (Phi) is 5.98. The first kappa shape index (κ1) is 18.9. The number of halogens is 1. The van der Waals surface area contributed by atoms with Gasteiger partial charge < -0.3 is 4.90 Å². The number of rotatable bonds is 5. The van der Waals surface area contributed by atoms with Gasteiger partial charge in [0.1, 0.15) is 5.82 Å². The maximum Gasteiger partial charge on any atom is 0.223 e. The summed E-state index contributed by atoms with van der Waals surface area (Å²) in [6, 6.07) is 6.19. The number of sulfonamides is 1. The molecule has 24 heavy (non-hydrogen) atoms. The topological polar surface area (TPSA) is 57.7 Å². The zero-order chi connectivity index (χ0) is 17.9. The molecule has 1 aromatic rings. The molecule has 134 valence electrons. The van der Waals surface area contributed by atoms with Crippen molar-refractivity contribution in [3.63, 3.8) is 0 Å². The molecule has 1 aliphatic heterocycles. The van der Waals surface area contributed by atoms with Crippen LogP contribution in [-0.2, 0) is 14.8 Å². The molecule has 2 rings (SSSR count). The molecule has 1 fully saturated rings. The summed E-state index contributed by atoms with van der Waals surface area (Å²) < 4.78 is 37.5. The van der Waals surface area contributed by atoms with Crippen LogP contribution < -0.4 is 0 Å². The second-order valence-corrected chi connectivity index (χ2v) is 8.59. The van der Waals surface area contributed by atoms with Gasteiger partial charge in [0.15, 0.2) is 0 Å². The molecule has 0 saturated carbocycles. The molecule has 1 aliphatic rings. The highest BCUT2D eigenvalue weighted by Crippen LogP contribution is 2.23. The lowest BCUT2D eigenvalue weighted by atomic mass is 9.96. The van der Waals surface area contributed by atoms with Crippen LogP contribution in [-0.4, -0.2) is 56.0 Å². The van der Waals surface area contributed by atoms with Gasteiger partial charge in [0.2, 0.25) is 15.9 Å². The van der Waals surface area contributed by atoms with Gasteiger partial charge in [0, 0.05) is 32.6 Å². The van der Waals surface area contributed by atoms with Crippen LogP contribution in [0.4, 0.5) is 4.39 Å². The van der Waals surface area contributed by atoms with E-state index in [-0.39, 0.29) is 23.7 Å². The van der Waals surface area contributed by atoms with Crippen molar-refractivity contribution < 1.29 is 17.6 Å². The minimum absolute atomic E-state index is 0.0227. The smallest absolute Gasteiger partial charge is 0.223 e. The molecule has 1 atom stereocenters. The number of hydrogen-bond acceptors (Lipinski definition) is 3. The summed E-state index contributed by atoms with van der Waals surface area (Å²) >= 11 is 0. The number of amides is 1. The number of nitrogens with zero attached hydrogens (tertiary/aromatic N) is 2. The summed E-state index contributed by atoms with van der Waals surface area (Å²) in [6.45, 7) is 3.09. The Hall–Kier alpha value is -1.47. The minimum Gasteiger partial charge on any atom is -0.343 e. The highest BCUT2D eigenvalue weighted by Gasteiger charge is 2.29. The van der Waals surface area contributed by atoms with Crippen LogP contribution in [0.15, 0.2) is 24.3 Å². The summed E-state index contributed by atoms with van der Waals surface area (Å²) in [5, 5.41) is 0. The summed E-state index contributed by atoms with van der Waals surface area (Å²) in [4.78, 5) is 14.2. The zero-order valence-electron chi connectivity index (χ0n) is 14.4. The maximum absolute atomic E-state index is 13.0. The van der Waals surface area contributed by atoms with E-state index in [1.54, 1.807) is 24.1 Å². The Balaban J connectivity index is 1.87. The average molecular weight is 356 g/mol. The van der Waals surface area contributed by atoms with Crippen molar-refractivity contribution in [3.05, 3.63) is 35.6 Å². The van der Waals surface area contributed by atoms with Gasteiger partial charge in [0.25, 0.3) is 0 Å². The van der Waals surface area contributed by atoms with Crippen molar-refractivity contribution in [2.75, 3.05) is 26.4 Å². The van der Waals surface area contributed by atoms with Gasteiger partial charge in [-0.1, -0.05) is 19.1 Å². The molecule has 1 saturated heterocycles. The van der Waals surface area contributed by atoms with Crippen LogP contribution in [0.1, 0.15) is 37.7 Å². The molecular weight excluding hydrogens is 331 g/mol. The van der Waals surface area contributed by atoms with E-state index < -0.39 is 10.0 Å². The normalized spacial score (nSPS) is 18.0. The number of piperidine rings is 1. The standard InChI is InChI=1S/C17H25FN2O3S/c1-13(14-4-6-15(18)7-5-14)12-17(21)20-10-8-16(9-11-20)19(2)24(3,22)23/h4-7,13,16H,8-12H2,1-3H3/t13-/m1/s1. The van der Waals surface area contributed by atoms with Gasteiger partial charge in [-0.25, -0.2) is 17.1 Å². The van der Waals surface area contributed by atoms with Crippen LogP contribution >= 0.6 is 0 Å². The zero-order valence-corrected chi connectivity index (χ0v) is 15.2. The van der Waals surface area contributed by atoms with Crippen LogP contribution in [0, 0.1) is 5.82 Å². The molecule has 1 heterocycles. The van der Waals surface area contributed by atoms with Crippen molar-refractivity contribution in [2.45, 2.75) is 38.1 Å². The number of hydrogen-bond donors (Lipinski definition) is 0. The van der Waals surface area contributed by atoms with Gasteiger partial charge in [0.05, 0.1) is 6.26 Å². The van der Waals surface area contributed by atoms with Crippen LogP contribution in [0.2, 0.25) is 0 Å². The third kappa shape index (κ3) is 4.77. The van der Waals surface area contributed by atoms with E-state index in [1.807, 2.05) is 6.92 Å². The lowest BCUT2D eigenvalue weighted by Crippen LogP contribution is -2.47. The first-order valence-corrected chi connectivity index (χ1v) is 9.99. The summed E-state index contributed by atoms with van der Waals surface area (Å²) in [6.07, 6.45) is 2.88. The van der Waals surface area contributed by atoms with Crippen molar-refractivity contribution in [1.29, 1.82) is 0 Å². The van der Waals surface area contributed by atoms with E-state index in [0.717, 1.165) is 5.56 Å². The quantitative estimate of drug-likeness (QED) is 0.813. The molecular formula is C17H25FN2O3S. The maximum atomic E-state index is 13.0. The Morgan fingerprint density at radius 3 is 2.33 bits per heavy atom. The fourth-order valence-corrected chi connectivity index (χ4v) is 3.80. The second-order valence-electron chi connectivity index (χ2n) is 6.55. The molecule has 1 aromatic carbocycles. The van der Waals surface area contributed by atoms with E-state index in [4.69, 9.17) is 0 Å². The lowest BCUT2D eigenvalue weighted by molar-refractivity contribution is -0.132. The Morgan fingerprint density at radius 2 is 1.83 bits per heavy atom. The van der Waals surface area contributed by atoms with Crippen LogP contribution in [0.3, 0.4) is 0 Å². The number of carbonyl (C=O) groups is 1. The molecule has 0 spiro atoms. The molecule has 1 amide bonds. The molecule has 0 aromatic heterocycles. The highest BCUT2D eigenvalue weighted by molar-refractivity contribution is 7.88. The van der Waals surface area contributed by atoms with Crippen molar-refractivity contribution >= 4 is 15.9 Å². The van der Waals surface area contributed by atoms with Gasteiger partial charge in [-0.15, -0.1) is 0 Å². The summed E-state index contributed by atoms with van der Waals surface area (Å²) in [5.74, 6) is -0.198. The number of benzene rings is 1. The SMILES string of the molecule is C[C@H](CC(=O)N1CCC(N(C)S(C)(=O)=O)CC1)c1ccc(F)cc1. The summed E-state index contributed by atoms with van der Waals surface area (Å²) in [5.41, 5.74) is 0.941. The van der Waals surface area contributed by atoms with Gasteiger partial charge in [-0.05, 0) is 36.5 Å². The lowest BCUT2D eigenvalue weighted by Gasteiger charge is -2.36. The highest BCUT2D eigenvalue weighted by atomic mass is 32.2. The fraction of sp³-hybridized carbons (Fsp3) is 0.588. The second kappa shape index (κ2) is 7.61. The first-order chi connectivity index (χ1) is 11.2. The minimum atomic E-state index is -3.20. The van der Waals surface area contributed by atoms with Gasteiger partial charge in [-0.2, -0.15) is 0 Å². The average Bonchev–Trinajstić information content (AvgIpc) is 2.54. The molecule has 0 aliphatic carbocycles. The Morgan fingerprint density at radius 1 is 1.29 bits per heavy atom. The summed E-state index contributed by atoms with van der Waals surface area (Å²) in [7, 11) is -1.61. The van der Waals surface area contributed by atoms with Gasteiger partial charge >= 0.3 is 0 Å². The predicted molar refractivity (Wildman–Crippen MR) is 91.6 cm³/mol. The molecule has 0 N–H and O–H groups in total. The van der Waals surface area contributed by atoms with Crippen LogP contribution in [0.5, 0.6) is 0 Å². The third-order valence-electron chi connectivity index (χ3n) is 4.77. The Labute approximate surface area is 143 Å². The van der Waals surface area contributed by atoms with Crippen molar-refractivity contribution in [1.82, 2.24) is 9.21 Å².